The summed E-state index contributed by atoms with van der Waals surface area (Å²) in [6.45, 7) is 0. The number of rotatable bonds is 7. The smallest absolute Gasteiger partial charge is 0.305 e. The van der Waals surface area contributed by atoms with E-state index in [1.54, 1.807) is 0 Å². The summed E-state index contributed by atoms with van der Waals surface area (Å²) in [5.41, 5.74) is -1.12. The molecule has 1 aromatic carbocycles. The van der Waals surface area contributed by atoms with E-state index in [0.29, 0.717) is 0 Å². The minimum absolute atomic E-state index is 0.0121. The molecule has 0 saturated carbocycles. The van der Waals surface area contributed by atoms with E-state index in [-0.39, 0.29) is 31.2 Å². The molecule has 23 heavy (non-hydrogen) atoms. The summed E-state index contributed by atoms with van der Waals surface area (Å²) in [5.74, 6) is -3.21. The molecule has 0 aliphatic carbocycles. The minimum Gasteiger partial charge on any atom is -0.469 e. The zero-order valence-electron chi connectivity index (χ0n) is 12.9. The Hall–Kier alpha value is -2.49. The third-order valence-corrected chi connectivity index (χ3v) is 3.65. The van der Waals surface area contributed by atoms with Crippen molar-refractivity contribution in [1.29, 1.82) is 5.26 Å². The molecule has 0 amide bonds. The fraction of sp³-hybridized carbons (Fsp3) is 0.438. The predicted octanol–water partition coefficient (Wildman–Crippen LogP) is 2.63. The summed E-state index contributed by atoms with van der Waals surface area (Å²) in [6, 6.07) is 5.13. The highest BCUT2D eigenvalue weighted by molar-refractivity contribution is 5.70. The molecule has 0 fully saturated rings. The highest BCUT2D eigenvalue weighted by Gasteiger charge is 2.34. The molecule has 7 heteroatoms. The largest absolute Gasteiger partial charge is 0.469 e. The van der Waals surface area contributed by atoms with Gasteiger partial charge in [0.2, 0.25) is 0 Å². The third-order valence-electron chi connectivity index (χ3n) is 3.65. The van der Waals surface area contributed by atoms with Gasteiger partial charge in [0.05, 0.1) is 25.7 Å². The van der Waals surface area contributed by atoms with Crippen molar-refractivity contribution in [3.8, 4) is 6.07 Å². The number of methoxy groups -OCH3 is 2. The van der Waals surface area contributed by atoms with Crippen LogP contribution in [-0.2, 0) is 24.5 Å². The van der Waals surface area contributed by atoms with Crippen LogP contribution in [-0.4, -0.2) is 26.2 Å². The SMILES string of the molecule is COC(=O)CCC(C#N)(CCC(=O)OC)c1ccc(F)c(F)c1. The van der Waals surface area contributed by atoms with Gasteiger partial charge in [0, 0.05) is 12.8 Å². The first-order chi connectivity index (χ1) is 10.9. The number of halogens is 2. The maximum atomic E-state index is 13.5. The lowest BCUT2D eigenvalue weighted by Crippen LogP contribution is -2.27. The molecule has 0 saturated heterocycles. The van der Waals surface area contributed by atoms with Crippen LogP contribution < -0.4 is 0 Å². The van der Waals surface area contributed by atoms with E-state index in [1.807, 2.05) is 6.07 Å². The van der Waals surface area contributed by atoms with E-state index in [0.717, 1.165) is 12.1 Å². The van der Waals surface area contributed by atoms with Crippen molar-refractivity contribution in [1.82, 2.24) is 0 Å². The van der Waals surface area contributed by atoms with Gasteiger partial charge in [-0.25, -0.2) is 8.78 Å². The fourth-order valence-electron chi connectivity index (χ4n) is 2.22. The average Bonchev–Trinajstić information content (AvgIpc) is 2.57. The molecule has 0 bridgehead atoms. The third kappa shape index (κ3) is 4.74. The minimum atomic E-state index is -1.32. The number of carbonyl (C=O) groups is 2. The second kappa shape index (κ2) is 8.22. The molecular formula is C16H17F2NO4. The second-order valence-electron chi connectivity index (χ2n) is 4.98. The van der Waals surface area contributed by atoms with E-state index < -0.39 is 29.0 Å². The molecule has 0 heterocycles. The van der Waals surface area contributed by atoms with E-state index >= 15 is 0 Å². The molecule has 0 N–H and O–H groups in total. The molecule has 124 valence electrons. The van der Waals surface area contributed by atoms with E-state index in [9.17, 15) is 23.6 Å². The number of nitriles is 1. The van der Waals surface area contributed by atoms with Gasteiger partial charge in [-0.05, 0) is 30.5 Å². The van der Waals surface area contributed by atoms with Gasteiger partial charge >= 0.3 is 11.9 Å². The summed E-state index contributed by atoms with van der Waals surface area (Å²) in [4.78, 5) is 22.7. The Kier molecular flexibility index (Phi) is 6.64. The van der Waals surface area contributed by atoms with Gasteiger partial charge in [-0.2, -0.15) is 5.26 Å². The Morgan fingerprint density at radius 1 is 1.09 bits per heavy atom. The van der Waals surface area contributed by atoms with Crippen molar-refractivity contribution in [2.75, 3.05) is 14.2 Å². The zero-order valence-corrected chi connectivity index (χ0v) is 12.9. The number of hydrogen-bond acceptors (Lipinski definition) is 5. The van der Waals surface area contributed by atoms with Crippen LogP contribution in [0.4, 0.5) is 8.78 Å². The molecule has 0 radical (unpaired) electrons. The fourth-order valence-corrected chi connectivity index (χ4v) is 2.22. The van der Waals surface area contributed by atoms with Gasteiger partial charge in [-0.1, -0.05) is 6.07 Å². The van der Waals surface area contributed by atoms with Crippen LogP contribution in [0.2, 0.25) is 0 Å². The summed E-state index contributed by atoms with van der Waals surface area (Å²) in [7, 11) is 2.42. The van der Waals surface area contributed by atoms with Crippen molar-refractivity contribution < 1.29 is 27.8 Å². The van der Waals surface area contributed by atoms with Gasteiger partial charge in [0.1, 0.15) is 0 Å². The Labute approximate surface area is 132 Å². The predicted molar refractivity (Wildman–Crippen MR) is 76.1 cm³/mol. The van der Waals surface area contributed by atoms with Gasteiger partial charge < -0.3 is 9.47 Å². The van der Waals surface area contributed by atoms with Crippen LogP contribution in [0.25, 0.3) is 0 Å². The molecule has 0 aliphatic heterocycles. The summed E-state index contributed by atoms with van der Waals surface area (Å²) in [6.07, 6.45) is -0.162. The maximum Gasteiger partial charge on any atom is 0.305 e. The number of benzene rings is 1. The van der Waals surface area contributed by atoms with Crippen molar-refractivity contribution in [3.05, 3.63) is 35.4 Å². The number of hydrogen-bond donors (Lipinski definition) is 0. The van der Waals surface area contributed by atoms with Gasteiger partial charge in [-0.3, -0.25) is 9.59 Å². The van der Waals surface area contributed by atoms with E-state index in [4.69, 9.17) is 0 Å². The summed E-state index contributed by atoms with van der Waals surface area (Å²) < 4.78 is 35.7. The lowest BCUT2D eigenvalue weighted by atomic mass is 9.74. The van der Waals surface area contributed by atoms with Gasteiger partial charge in [-0.15, -0.1) is 0 Å². The lowest BCUT2D eigenvalue weighted by molar-refractivity contribution is -0.141. The van der Waals surface area contributed by atoms with Gasteiger partial charge in [0.25, 0.3) is 0 Å². The lowest BCUT2D eigenvalue weighted by Gasteiger charge is -2.26. The first-order valence-corrected chi connectivity index (χ1v) is 6.89. The number of esters is 2. The Morgan fingerprint density at radius 2 is 1.61 bits per heavy atom. The summed E-state index contributed by atoms with van der Waals surface area (Å²) in [5, 5.41) is 9.59. The Morgan fingerprint density at radius 3 is 2.00 bits per heavy atom. The molecule has 5 nitrogen and oxygen atoms in total. The zero-order chi connectivity index (χ0) is 17.5. The standard InChI is InChI=1S/C16H17F2NO4/c1-22-14(20)5-7-16(10-19,8-6-15(21)23-2)11-3-4-12(17)13(18)9-11/h3-4,9H,5-8H2,1-2H3. The van der Waals surface area contributed by atoms with E-state index in [2.05, 4.69) is 9.47 Å². The number of ether oxygens (including phenoxy) is 2. The average molecular weight is 325 g/mol. The van der Waals surface area contributed by atoms with Gasteiger partial charge in [0.15, 0.2) is 11.6 Å². The molecule has 0 spiro atoms. The monoisotopic (exact) mass is 325 g/mol. The van der Waals surface area contributed by atoms with E-state index in [1.165, 1.54) is 20.3 Å². The van der Waals surface area contributed by atoms with Crippen LogP contribution in [0, 0.1) is 23.0 Å². The van der Waals surface area contributed by atoms with Crippen LogP contribution in [0.1, 0.15) is 31.2 Å². The summed E-state index contributed by atoms with van der Waals surface area (Å²) >= 11 is 0. The maximum absolute atomic E-state index is 13.5. The van der Waals surface area contributed by atoms with Crippen LogP contribution in [0.15, 0.2) is 18.2 Å². The topological polar surface area (TPSA) is 76.4 Å². The molecule has 0 aliphatic rings. The molecule has 0 unspecified atom stereocenters. The molecule has 0 aromatic heterocycles. The van der Waals surface area contributed by atoms with Crippen molar-refractivity contribution in [2.24, 2.45) is 0 Å². The number of nitrogens with zero attached hydrogens (tertiary/aromatic N) is 1. The molecule has 1 aromatic rings. The first kappa shape index (κ1) is 18.6. The first-order valence-electron chi connectivity index (χ1n) is 6.89. The van der Waals surface area contributed by atoms with Crippen molar-refractivity contribution >= 4 is 11.9 Å². The molecule has 1 rings (SSSR count). The molecule has 0 atom stereocenters. The van der Waals surface area contributed by atoms with Crippen LogP contribution in [0.3, 0.4) is 0 Å². The number of carbonyl (C=O) groups excluding carboxylic acids is 2. The Balaban J connectivity index is 3.15. The molecular weight excluding hydrogens is 308 g/mol. The van der Waals surface area contributed by atoms with Crippen LogP contribution in [0.5, 0.6) is 0 Å². The highest BCUT2D eigenvalue weighted by atomic mass is 19.2. The van der Waals surface area contributed by atoms with Crippen molar-refractivity contribution in [3.63, 3.8) is 0 Å². The quantitative estimate of drug-likeness (QED) is 0.720. The second-order valence-corrected chi connectivity index (χ2v) is 4.98. The normalized spacial score (nSPS) is 10.7. The van der Waals surface area contributed by atoms with Crippen molar-refractivity contribution in [2.45, 2.75) is 31.1 Å². The van der Waals surface area contributed by atoms with Crippen LogP contribution >= 0.6 is 0 Å². The highest BCUT2D eigenvalue weighted by Crippen LogP contribution is 2.35. The Bertz CT molecular complexity index is 605.